The fraction of sp³-hybridized carbons (Fsp3) is 0.143. The van der Waals surface area contributed by atoms with Crippen molar-refractivity contribution in [3.8, 4) is 5.75 Å². The van der Waals surface area contributed by atoms with Crippen LogP contribution in [0, 0.1) is 17.0 Å². The predicted octanol–water partition coefficient (Wildman–Crippen LogP) is 4.06. The maximum absolute atomic E-state index is 11.0. The monoisotopic (exact) mass is 275 g/mol. The first-order chi connectivity index (χ1) is 9.10. The van der Waals surface area contributed by atoms with Crippen molar-refractivity contribution in [1.82, 2.24) is 0 Å². The maximum atomic E-state index is 11.0. The smallest absolute Gasteiger partial charge is 0.283 e. The van der Waals surface area contributed by atoms with Crippen molar-refractivity contribution < 1.29 is 9.66 Å². The summed E-state index contributed by atoms with van der Waals surface area (Å²) < 4.78 is 5.08. The van der Waals surface area contributed by atoms with Gasteiger partial charge in [0, 0.05) is 11.0 Å². The van der Waals surface area contributed by atoms with Crippen LogP contribution >= 0.6 is 11.8 Å². The number of methoxy groups -OCH3 is 1. The molecule has 98 valence electrons. The van der Waals surface area contributed by atoms with Crippen LogP contribution in [-0.2, 0) is 0 Å². The van der Waals surface area contributed by atoms with E-state index in [0.29, 0.717) is 4.90 Å². The highest BCUT2D eigenvalue weighted by Gasteiger charge is 2.14. The van der Waals surface area contributed by atoms with Crippen molar-refractivity contribution >= 4 is 17.4 Å². The minimum atomic E-state index is -0.348. The molecule has 0 saturated heterocycles. The van der Waals surface area contributed by atoms with Crippen LogP contribution in [0.5, 0.6) is 5.75 Å². The Bertz CT molecular complexity index is 596. The lowest BCUT2D eigenvalue weighted by Crippen LogP contribution is -1.91. The third-order valence-corrected chi connectivity index (χ3v) is 3.67. The van der Waals surface area contributed by atoms with Crippen molar-refractivity contribution in [2.75, 3.05) is 7.11 Å². The molecule has 0 heterocycles. The van der Waals surface area contributed by atoms with Gasteiger partial charge in [0.15, 0.2) is 0 Å². The largest absolute Gasteiger partial charge is 0.497 e. The van der Waals surface area contributed by atoms with Gasteiger partial charge in [0.05, 0.1) is 16.9 Å². The second-order valence-electron chi connectivity index (χ2n) is 4.01. The third kappa shape index (κ3) is 3.26. The average Bonchev–Trinajstić information content (AvgIpc) is 2.41. The Labute approximate surface area is 115 Å². The molecule has 0 bridgehead atoms. The number of rotatable bonds is 4. The topological polar surface area (TPSA) is 52.4 Å². The highest BCUT2D eigenvalue weighted by molar-refractivity contribution is 7.99. The lowest BCUT2D eigenvalue weighted by Gasteiger charge is -2.05. The Hall–Kier alpha value is -2.01. The molecule has 19 heavy (non-hydrogen) atoms. The normalized spacial score (nSPS) is 10.2. The first-order valence-electron chi connectivity index (χ1n) is 5.67. The summed E-state index contributed by atoms with van der Waals surface area (Å²) in [4.78, 5) is 12.3. The second kappa shape index (κ2) is 5.75. The minimum absolute atomic E-state index is 0.140. The van der Waals surface area contributed by atoms with E-state index in [1.807, 2.05) is 37.3 Å². The van der Waals surface area contributed by atoms with Crippen LogP contribution in [0.25, 0.3) is 0 Å². The number of hydrogen-bond donors (Lipinski definition) is 0. The van der Waals surface area contributed by atoms with Gasteiger partial charge >= 0.3 is 0 Å². The number of nitro groups is 1. The second-order valence-corrected chi connectivity index (χ2v) is 5.12. The van der Waals surface area contributed by atoms with Crippen LogP contribution in [-0.4, -0.2) is 12.0 Å². The van der Waals surface area contributed by atoms with Gasteiger partial charge in [0.25, 0.3) is 5.69 Å². The molecule has 0 unspecified atom stereocenters. The first kappa shape index (κ1) is 13.4. The van der Waals surface area contributed by atoms with Gasteiger partial charge in [-0.15, -0.1) is 0 Å². The lowest BCUT2D eigenvalue weighted by molar-refractivity contribution is -0.387. The molecule has 0 aliphatic heterocycles. The molecule has 0 aliphatic carbocycles. The first-order valence-corrected chi connectivity index (χ1v) is 6.49. The summed E-state index contributed by atoms with van der Waals surface area (Å²) in [6, 6.07) is 12.7. The molecule has 2 aromatic carbocycles. The molecule has 0 atom stereocenters. The summed E-state index contributed by atoms with van der Waals surface area (Å²) in [6.45, 7) is 1.84. The van der Waals surface area contributed by atoms with Gasteiger partial charge in [-0.1, -0.05) is 17.8 Å². The summed E-state index contributed by atoms with van der Waals surface area (Å²) in [6.07, 6.45) is 0. The minimum Gasteiger partial charge on any atom is -0.497 e. The van der Waals surface area contributed by atoms with Crippen LogP contribution in [0.4, 0.5) is 5.69 Å². The van der Waals surface area contributed by atoms with Crippen LogP contribution in [0.1, 0.15) is 5.56 Å². The van der Waals surface area contributed by atoms with Crippen molar-refractivity contribution in [3.05, 3.63) is 58.1 Å². The number of ether oxygens (including phenoxy) is 1. The average molecular weight is 275 g/mol. The zero-order valence-corrected chi connectivity index (χ0v) is 11.4. The summed E-state index contributed by atoms with van der Waals surface area (Å²) in [5.74, 6) is 0.766. The van der Waals surface area contributed by atoms with Gasteiger partial charge < -0.3 is 4.74 Å². The Morgan fingerprint density at radius 1 is 1.16 bits per heavy atom. The van der Waals surface area contributed by atoms with Crippen LogP contribution < -0.4 is 4.74 Å². The van der Waals surface area contributed by atoms with Crippen molar-refractivity contribution in [2.24, 2.45) is 0 Å². The van der Waals surface area contributed by atoms with Crippen LogP contribution in [0.3, 0.4) is 0 Å². The Balaban J connectivity index is 2.29. The fourth-order valence-electron chi connectivity index (χ4n) is 1.63. The fourth-order valence-corrected chi connectivity index (χ4v) is 2.53. The molecule has 0 aliphatic rings. The third-order valence-electron chi connectivity index (χ3n) is 2.60. The van der Waals surface area contributed by atoms with Crippen molar-refractivity contribution in [3.63, 3.8) is 0 Å². The summed E-state index contributed by atoms with van der Waals surface area (Å²) in [5, 5.41) is 11.0. The Morgan fingerprint density at radius 2 is 1.84 bits per heavy atom. The quantitative estimate of drug-likeness (QED) is 0.623. The zero-order valence-electron chi connectivity index (χ0n) is 10.6. The Morgan fingerprint density at radius 3 is 2.42 bits per heavy atom. The van der Waals surface area contributed by atoms with E-state index in [2.05, 4.69) is 0 Å². The molecule has 2 rings (SSSR count). The zero-order chi connectivity index (χ0) is 13.8. The lowest BCUT2D eigenvalue weighted by atomic mass is 10.2. The summed E-state index contributed by atoms with van der Waals surface area (Å²) in [7, 11) is 1.60. The van der Waals surface area contributed by atoms with Crippen LogP contribution in [0.15, 0.2) is 52.3 Å². The van der Waals surface area contributed by atoms with E-state index in [4.69, 9.17) is 4.74 Å². The molecule has 4 nitrogen and oxygen atoms in total. The molecule has 0 radical (unpaired) electrons. The van der Waals surface area contributed by atoms with E-state index in [1.165, 1.54) is 11.8 Å². The molecule has 0 saturated carbocycles. The van der Waals surface area contributed by atoms with Gasteiger partial charge in [-0.2, -0.15) is 0 Å². The van der Waals surface area contributed by atoms with Gasteiger partial charge in [0.1, 0.15) is 5.75 Å². The molecule has 0 amide bonds. The molecular formula is C14H13NO3S. The van der Waals surface area contributed by atoms with E-state index in [-0.39, 0.29) is 10.6 Å². The Kier molecular flexibility index (Phi) is 4.06. The van der Waals surface area contributed by atoms with E-state index in [9.17, 15) is 10.1 Å². The molecule has 0 aromatic heterocycles. The SMILES string of the molecule is COc1ccc(Sc2ccc(C)cc2[N+](=O)[O-])cc1. The summed E-state index contributed by atoms with van der Waals surface area (Å²) >= 11 is 1.37. The van der Waals surface area contributed by atoms with Gasteiger partial charge in [-0.3, -0.25) is 10.1 Å². The van der Waals surface area contributed by atoms with E-state index in [0.717, 1.165) is 16.2 Å². The van der Waals surface area contributed by atoms with Gasteiger partial charge in [0.2, 0.25) is 0 Å². The van der Waals surface area contributed by atoms with Gasteiger partial charge in [-0.25, -0.2) is 0 Å². The molecule has 0 fully saturated rings. The number of nitrogens with zero attached hydrogens (tertiary/aromatic N) is 1. The van der Waals surface area contributed by atoms with Crippen LogP contribution in [0.2, 0.25) is 0 Å². The van der Waals surface area contributed by atoms with E-state index < -0.39 is 0 Å². The number of nitro benzene ring substituents is 1. The summed E-state index contributed by atoms with van der Waals surface area (Å²) in [5.41, 5.74) is 1.02. The molecule has 2 aromatic rings. The number of aryl methyl sites for hydroxylation is 1. The molecule has 0 N–H and O–H groups in total. The highest BCUT2D eigenvalue weighted by atomic mass is 32.2. The van der Waals surface area contributed by atoms with E-state index in [1.54, 1.807) is 19.2 Å². The van der Waals surface area contributed by atoms with E-state index >= 15 is 0 Å². The molecule has 0 spiro atoms. The predicted molar refractivity (Wildman–Crippen MR) is 75.0 cm³/mol. The molecule has 5 heteroatoms. The van der Waals surface area contributed by atoms with Crippen molar-refractivity contribution in [1.29, 1.82) is 0 Å². The number of hydrogen-bond acceptors (Lipinski definition) is 4. The maximum Gasteiger partial charge on any atom is 0.283 e. The van der Waals surface area contributed by atoms with Crippen molar-refractivity contribution in [2.45, 2.75) is 16.7 Å². The highest BCUT2D eigenvalue weighted by Crippen LogP contribution is 2.35. The van der Waals surface area contributed by atoms with Gasteiger partial charge in [-0.05, 0) is 42.8 Å². The molecular weight excluding hydrogens is 262 g/mol. The number of benzene rings is 2. The standard InChI is InChI=1S/C14H13NO3S/c1-10-3-8-14(13(9-10)15(16)17)19-12-6-4-11(18-2)5-7-12/h3-9H,1-2H3.